The van der Waals surface area contributed by atoms with Gasteiger partial charge in [0.25, 0.3) is 5.91 Å². The van der Waals surface area contributed by atoms with Gasteiger partial charge in [-0.2, -0.15) is 0 Å². The predicted molar refractivity (Wildman–Crippen MR) is 53.6 cm³/mol. The Bertz CT molecular complexity index is 384. The van der Waals surface area contributed by atoms with E-state index in [0.29, 0.717) is 31.7 Å². The van der Waals surface area contributed by atoms with E-state index < -0.39 is 0 Å². The molecule has 2 rings (SSSR count). The molecule has 0 bridgehead atoms. The molecule has 4 nitrogen and oxygen atoms in total. The standard InChI is InChI=1S/C11H13NO3/c1-8-2-3-10(15-8)11(14)12-6-4-9(13)5-7-12/h2-3H,4-7H2,1H3. The van der Waals surface area contributed by atoms with Crippen molar-refractivity contribution in [2.24, 2.45) is 0 Å². The number of ketones is 1. The highest BCUT2D eigenvalue weighted by molar-refractivity contribution is 5.93. The molecular weight excluding hydrogens is 194 g/mol. The summed E-state index contributed by atoms with van der Waals surface area (Å²) in [7, 11) is 0. The average Bonchev–Trinajstić information content (AvgIpc) is 2.65. The Hall–Kier alpha value is -1.58. The summed E-state index contributed by atoms with van der Waals surface area (Å²) in [4.78, 5) is 24.5. The van der Waals surface area contributed by atoms with E-state index in [1.807, 2.05) is 0 Å². The summed E-state index contributed by atoms with van der Waals surface area (Å²) in [6.45, 7) is 2.82. The highest BCUT2D eigenvalue weighted by atomic mass is 16.3. The molecule has 0 spiro atoms. The first-order chi connectivity index (χ1) is 7.16. The van der Waals surface area contributed by atoms with Crippen LogP contribution in [0.5, 0.6) is 0 Å². The summed E-state index contributed by atoms with van der Waals surface area (Å²) in [5.41, 5.74) is 0. The van der Waals surface area contributed by atoms with Crippen LogP contribution in [-0.2, 0) is 4.79 Å². The van der Waals surface area contributed by atoms with E-state index in [-0.39, 0.29) is 11.7 Å². The number of likely N-dealkylation sites (tertiary alicyclic amines) is 1. The van der Waals surface area contributed by atoms with Crippen LogP contribution in [0.3, 0.4) is 0 Å². The zero-order chi connectivity index (χ0) is 10.8. The molecular formula is C11H13NO3. The highest BCUT2D eigenvalue weighted by Crippen LogP contribution is 2.13. The molecule has 1 amide bonds. The lowest BCUT2D eigenvalue weighted by Gasteiger charge is -2.24. The summed E-state index contributed by atoms with van der Waals surface area (Å²) in [6.07, 6.45) is 0.927. The van der Waals surface area contributed by atoms with Crippen molar-refractivity contribution >= 4 is 11.7 Å². The minimum atomic E-state index is -0.115. The monoisotopic (exact) mass is 207 g/mol. The number of nitrogens with zero attached hydrogens (tertiary/aromatic N) is 1. The summed E-state index contributed by atoms with van der Waals surface area (Å²) in [5, 5.41) is 0. The largest absolute Gasteiger partial charge is 0.456 e. The van der Waals surface area contributed by atoms with Crippen LogP contribution in [-0.4, -0.2) is 29.7 Å². The van der Waals surface area contributed by atoms with Gasteiger partial charge in [0.15, 0.2) is 5.76 Å². The normalized spacial score (nSPS) is 16.9. The number of hydrogen-bond donors (Lipinski definition) is 0. The molecule has 0 N–H and O–H groups in total. The quantitative estimate of drug-likeness (QED) is 0.699. The van der Waals surface area contributed by atoms with Gasteiger partial charge in [0.2, 0.25) is 0 Å². The number of hydrogen-bond acceptors (Lipinski definition) is 3. The number of aryl methyl sites for hydroxylation is 1. The topological polar surface area (TPSA) is 50.5 Å². The van der Waals surface area contributed by atoms with Crippen LogP contribution >= 0.6 is 0 Å². The fraction of sp³-hybridized carbons (Fsp3) is 0.455. The van der Waals surface area contributed by atoms with Gasteiger partial charge in [-0.25, -0.2) is 0 Å². The van der Waals surface area contributed by atoms with Gasteiger partial charge in [-0.15, -0.1) is 0 Å². The third-order valence-electron chi connectivity index (χ3n) is 2.56. The van der Waals surface area contributed by atoms with Crippen molar-refractivity contribution < 1.29 is 14.0 Å². The van der Waals surface area contributed by atoms with Crippen molar-refractivity contribution in [3.63, 3.8) is 0 Å². The van der Waals surface area contributed by atoms with Crippen molar-refractivity contribution in [2.45, 2.75) is 19.8 Å². The number of rotatable bonds is 1. The number of carbonyl (C=O) groups excluding carboxylic acids is 2. The van der Waals surface area contributed by atoms with Crippen molar-refractivity contribution in [1.82, 2.24) is 4.90 Å². The lowest BCUT2D eigenvalue weighted by molar-refractivity contribution is -0.120. The second-order valence-electron chi connectivity index (χ2n) is 3.74. The molecule has 0 atom stereocenters. The van der Waals surface area contributed by atoms with Gasteiger partial charge in [0.1, 0.15) is 11.5 Å². The van der Waals surface area contributed by atoms with Crippen molar-refractivity contribution in [3.05, 3.63) is 23.7 Å². The lowest BCUT2D eigenvalue weighted by Crippen LogP contribution is -2.38. The number of amides is 1. The number of furan rings is 1. The fourth-order valence-electron chi connectivity index (χ4n) is 1.66. The van der Waals surface area contributed by atoms with Gasteiger partial charge in [-0.05, 0) is 19.1 Å². The van der Waals surface area contributed by atoms with Crippen LogP contribution in [0, 0.1) is 6.92 Å². The third kappa shape index (κ3) is 2.09. The highest BCUT2D eigenvalue weighted by Gasteiger charge is 2.23. The maximum Gasteiger partial charge on any atom is 0.289 e. The van der Waals surface area contributed by atoms with Crippen LogP contribution in [0.25, 0.3) is 0 Å². The lowest BCUT2D eigenvalue weighted by atomic mass is 10.1. The maximum atomic E-state index is 11.8. The Morgan fingerprint density at radius 2 is 2.00 bits per heavy atom. The second kappa shape index (κ2) is 3.88. The molecule has 1 aromatic heterocycles. The molecule has 1 fully saturated rings. The van der Waals surface area contributed by atoms with Crippen LogP contribution in [0.1, 0.15) is 29.2 Å². The van der Waals surface area contributed by atoms with Crippen LogP contribution in [0.15, 0.2) is 16.5 Å². The Morgan fingerprint density at radius 1 is 1.33 bits per heavy atom. The molecule has 1 aliphatic heterocycles. The molecule has 1 saturated heterocycles. The molecule has 1 aliphatic rings. The summed E-state index contributed by atoms with van der Waals surface area (Å²) >= 11 is 0. The van der Waals surface area contributed by atoms with Gasteiger partial charge in [0.05, 0.1) is 0 Å². The number of carbonyl (C=O) groups is 2. The van der Waals surface area contributed by atoms with Crippen LogP contribution in [0.2, 0.25) is 0 Å². The molecule has 0 radical (unpaired) electrons. The van der Waals surface area contributed by atoms with E-state index in [1.54, 1.807) is 24.0 Å². The Morgan fingerprint density at radius 3 is 2.53 bits per heavy atom. The van der Waals surface area contributed by atoms with E-state index >= 15 is 0 Å². The van der Waals surface area contributed by atoms with E-state index in [9.17, 15) is 9.59 Å². The van der Waals surface area contributed by atoms with Gasteiger partial charge in [-0.3, -0.25) is 9.59 Å². The molecule has 1 aromatic rings. The van der Waals surface area contributed by atoms with E-state index in [0.717, 1.165) is 5.76 Å². The molecule has 0 unspecified atom stereocenters. The van der Waals surface area contributed by atoms with E-state index in [2.05, 4.69) is 0 Å². The van der Waals surface area contributed by atoms with E-state index in [4.69, 9.17) is 4.42 Å². The Balaban J connectivity index is 2.05. The molecule has 0 saturated carbocycles. The minimum absolute atomic E-state index is 0.115. The third-order valence-corrected chi connectivity index (χ3v) is 2.56. The molecule has 2 heterocycles. The van der Waals surface area contributed by atoms with Crippen LogP contribution < -0.4 is 0 Å². The van der Waals surface area contributed by atoms with Gasteiger partial charge in [-0.1, -0.05) is 0 Å². The summed E-state index contributed by atoms with van der Waals surface area (Å²) < 4.78 is 5.25. The molecule has 80 valence electrons. The van der Waals surface area contributed by atoms with Crippen molar-refractivity contribution in [3.8, 4) is 0 Å². The second-order valence-corrected chi connectivity index (χ2v) is 3.74. The van der Waals surface area contributed by atoms with Gasteiger partial charge >= 0.3 is 0 Å². The van der Waals surface area contributed by atoms with Crippen molar-refractivity contribution in [1.29, 1.82) is 0 Å². The molecule has 0 aromatic carbocycles. The Kier molecular flexibility index (Phi) is 2.58. The fourth-order valence-corrected chi connectivity index (χ4v) is 1.66. The zero-order valence-corrected chi connectivity index (χ0v) is 8.66. The number of Topliss-reactive ketones (excluding diaryl/α,β-unsaturated/α-hetero) is 1. The average molecular weight is 207 g/mol. The summed E-state index contributed by atoms with van der Waals surface area (Å²) in [6, 6.07) is 3.44. The molecule has 0 aliphatic carbocycles. The minimum Gasteiger partial charge on any atom is -0.456 e. The molecule has 15 heavy (non-hydrogen) atoms. The first-order valence-electron chi connectivity index (χ1n) is 5.04. The van der Waals surface area contributed by atoms with Gasteiger partial charge < -0.3 is 9.32 Å². The Labute approximate surface area is 87.9 Å². The predicted octanol–water partition coefficient (Wildman–Crippen LogP) is 1.39. The van der Waals surface area contributed by atoms with Crippen LogP contribution in [0.4, 0.5) is 0 Å². The van der Waals surface area contributed by atoms with Gasteiger partial charge in [0, 0.05) is 25.9 Å². The smallest absolute Gasteiger partial charge is 0.289 e. The summed E-state index contributed by atoms with van der Waals surface area (Å²) in [5.74, 6) is 1.21. The first kappa shape index (κ1) is 9.96. The SMILES string of the molecule is Cc1ccc(C(=O)N2CCC(=O)CC2)o1. The first-order valence-corrected chi connectivity index (χ1v) is 5.04. The maximum absolute atomic E-state index is 11.8. The zero-order valence-electron chi connectivity index (χ0n) is 8.66. The van der Waals surface area contributed by atoms with Crippen molar-refractivity contribution in [2.75, 3.05) is 13.1 Å². The molecule has 4 heteroatoms. The number of piperidine rings is 1. The van der Waals surface area contributed by atoms with E-state index in [1.165, 1.54) is 0 Å².